The van der Waals surface area contributed by atoms with Crippen LogP contribution in [0.15, 0.2) is 29.1 Å². The molecule has 1 aromatic carbocycles. The first-order valence-corrected chi connectivity index (χ1v) is 7.40. The smallest absolute Gasteiger partial charge is 0.343 e. The topological polar surface area (TPSA) is 83.5 Å². The standard InChI is InChI=1S/C15H19N5O3/c1-18-15(22)16-13(17-18)14(21)20-9-7-19(8-10-20)11-3-5-12(23-2)6-4-11/h3-6H,7-10H2,1-2H3,(H,16,17,22). The van der Waals surface area contributed by atoms with Crippen molar-refractivity contribution in [1.29, 1.82) is 0 Å². The highest BCUT2D eigenvalue weighted by atomic mass is 16.5. The minimum Gasteiger partial charge on any atom is -0.497 e. The lowest BCUT2D eigenvalue weighted by molar-refractivity contribution is 0.0734. The van der Waals surface area contributed by atoms with Crippen LogP contribution in [0.25, 0.3) is 0 Å². The van der Waals surface area contributed by atoms with E-state index < -0.39 is 0 Å². The van der Waals surface area contributed by atoms with Gasteiger partial charge in [0.1, 0.15) is 5.75 Å². The second-order valence-corrected chi connectivity index (χ2v) is 5.38. The second kappa shape index (κ2) is 6.15. The molecule has 1 fully saturated rings. The van der Waals surface area contributed by atoms with Gasteiger partial charge in [-0.05, 0) is 24.3 Å². The van der Waals surface area contributed by atoms with Crippen LogP contribution >= 0.6 is 0 Å². The van der Waals surface area contributed by atoms with Crippen LogP contribution in [0.4, 0.5) is 5.69 Å². The summed E-state index contributed by atoms with van der Waals surface area (Å²) in [6.07, 6.45) is 0. The summed E-state index contributed by atoms with van der Waals surface area (Å²) >= 11 is 0. The number of carbonyl (C=O) groups is 1. The van der Waals surface area contributed by atoms with Gasteiger partial charge in [-0.3, -0.25) is 9.78 Å². The van der Waals surface area contributed by atoms with Gasteiger partial charge in [-0.25, -0.2) is 9.48 Å². The number of nitrogens with one attached hydrogen (secondary N) is 1. The number of carbonyl (C=O) groups excluding carboxylic acids is 1. The van der Waals surface area contributed by atoms with Gasteiger partial charge in [-0.1, -0.05) is 0 Å². The van der Waals surface area contributed by atoms with Crippen molar-refractivity contribution < 1.29 is 9.53 Å². The van der Waals surface area contributed by atoms with E-state index in [0.29, 0.717) is 13.1 Å². The lowest BCUT2D eigenvalue weighted by Gasteiger charge is -2.35. The minimum atomic E-state index is -0.384. The molecular weight excluding hydrogens is 298 g/mol. The third kappa shape index (κ3) is 3.05. The molecule has 0 bridgehead atoms. The van der Waals surface area contributed by atoms with E-state index in [4.69, 9.17) is 4.74 Å². The largest absolute Gasteiger partial charge is 0.497 e. The van der Waals surface area contributed by atoms with Crippen LogP contribution in [0.5, 0.6) is 5.75 Å². The van der Waals surface area contributed by atoms with E-state index in [1.807, 2.05) is 24.3 Å². The second-order valence-electron chi connectivity index (χ2n) is 5.38. The molecule has 1 N–H and O–H groups in total. The highest BCUT2D eigenvalue weighted by Crippen LogP contribution is 2.20. The number of hydrogen-bond donors (Lipinski definition) is 1. The Bertz CT molecular complexity index is 741. The Balaban J connectivity index is 1.63. The van der Waals surface area contributed by atoms with Crippen LogP contribution in [0, 0.1) is 0 Å². The van der Waals surface area contributed by atoms with Gasteiger partial charge < -0.3 is 14.5 Å². The maximum atomic E-state index is 12.3. The molecule has 0 aliphatic carbocycles. The van der Waals surface area contributed by atoms with E-state index in [9.17, 15) is 9.59 Å². The van der Waals surface area contributed by atoms with Crippen LogP contribution in [-0.4, -0.2) is 58.9 Å². The molecule has 122 valence electrons. The van der Waals surface area contributed by atoms with Gasteiger partial charge in [-0.15, -0.1) is 5.10 Å². The Labute approximate surface area is 133 Å². The lowest BCUT2D eigenvalue weighted by Crippen LogP contribution is -2.49. The van der Waals surface area contributed by atoms with E-state index in [1.165, 1.54) is 7.05 Å². The summed E-state index contributed by atoms with van der Waals surface area (Å²) in [5.74, 6) is 0.675. The maximum Gasteiger partial charge on any atom is 0.343 e. The molecule has 0 atom stereocenters. The number of aryl methyl sites for hydroxylation is 1. The first kappa shape index (κ1) is 15.1. The van der Waals surface area contributed by atoms with Crippen LogP contribution < -0.4 is 15.3 Å². The number of aromatic nitrogens is 3. The van der Waals surface area contributed by atoms with Crippen LogP contribution in [0.1, 0.15) is 10.6 Å². The van der Waals surface area contributed by atoms with Crippen molar-refractivity contribution >= 4 is 11.6 Å². The quantitative estimate of drug-likeness (QED) is 0.867. The van der Waals surface area contributed by atoms with Crippen molar-refractivity contribution in [2.75, 3.05) is 38.2 Å². The number of aromatic amines is 1. The number of amides is 1. The zero-order chi connectivity index (χ0) is 16.4. The van der Waals surface area contributed by atoms with Gasteiger partial charge in [0.2, 0.25) is 5.82 Å². The van der Waals surface area contributed by atoms with Crippen LogP contribution in [-0.2, 0) is 7.05 Å². The van der Waals surface area contributed by atoms with E-state index in [2.05, 4.69) is 15.0 Å². The van der Waals surface area contributed by atoms with Crippen molar-refractivity contribution in [3.05, 3.63) is 40.6 Å². The Morgan fingerprint density at radius 2 is 1.83 bits per heavy atom. The molecular formula is C15H19N5O3. The van der Waals surface area contributed by atoms with Crippen molar-refractivity contribution in [2.24, 2.45) is 7.05 Å². The van der Waals surface area contributed by atoms with Crippen molar-refractivity contribution in [3.8, 4) is 5.75 Å². The molecule has 1 saturated heterocycles. The summed E-state index contributed by atoms with van der Waals surface area (Å²) in [5.41, 5.74) is 0.717. The number of anilines is 1. The number of ether oxygens (including phenoxy) is 1. The number of methoxy groups -OCH3 is 1. The molecule has 1 aromatic heterocycles. The zero-order valence-corrected chi connectivity index (χ0v) is 13.2. The normalized spacial score (nSPS) is 14.9. The summed E-state index contributed by atoms with van der Waals surface area (Å²) in [6, 6.07) is 7.86. The van der Waals surface area contributed by atoms with Gasteiger partial charge in [0.15, 0.2) is 0 Å². The van der Waals surface area contributed by atoms with Gasteiger partial charge in [-0.2, -0.15) is 0 Å². The summed E-state index contributed by atoms with van der Waals surface area (Å²) in [5, 5.41) is 3.91. The lowest BCUT2D eigenvalue weighted by atomic mass is 10.2. The van der Waals surface area contributed by atoms with Crippen LogP contribution in [0.2, 0.25) is 0 Å². The molecule has 1 amide bonds. The number of nitrogens with zero attached hydrogens (tertiary/aromatic N) is 4. The number of rotatable bonds is 3. The van der Waals surface area contributed by atoms with Crippen molar-refractivity contribution in [2.45, 2.75) is 0 Å². The Kier molecular flexibility index (Phi) is 4.05. The number of hydrogen-bond acceptors (Lipinski definition) is 5. The highest BCUT2D eigenvalue weighted by molar-refractivity contribution is 5.90. The molecule has 23 heavy (non-hydrogen) atoms. The molecule has 0 unspecified atom stereocenters. The molecule has 2 heterocycles. The molecule has 8 heteroatoms. The SMILES string of the molecule is COc1ccc(N2CCN(C(=O)c3nn(C)c(=O)[nH]3)CC2)cc1. The predicted octanol–water partition coefficient (Wildman–Crippen LogP) is 0.0794. The van der Waals surface area contributed by atoms with Gasteiger partial charge >= 0.3 is 5.69 Å². The molecule has 0 spiro atoms. The van der Waals surface area contributed by atoms with E-state index in [1.54, 1.807) is 12.0 Å². The molecule has 1 aliphatic heterocycles. The molecule has 2 aromatic rings. The van der Waals surface area contributed by atoms with Crippen molar-refractivity contribution in [1.82, 2.24) is 19.7 Å². The molecule has 1 aliphatic rings. The number of H-pyrrole nitrogens is 1. The first-order chi connectivity index (χ1) is 11.1. The Morgan fingerprint density at radius 1 is 1.17 bits per heavy atom. The maximum absolute atomic E-state index is 12.3. The Hall–Kier alpha value is -2.77. The molecule has 3 rings (SSSR count). The Morgan fingerprint density at radius 3 is 2.35 bits per heavy atom. The zero-order valence-electron chi connectivity index (χ0n) is 13.2. The van der Waals surface area contributed by atoms with Crippen molar-refractivity contribution in [3.63, 3.8) is 0 Å². The fraction of sp³-hybridized carbons (Fsp3) is 0.400. The molecule has 0 saturated carbocycles. The average Bonchev–Trinajstić information content (AvgIpc) is 2.93. The average molecular weight is 317 g/mol. The van der Waals surface area contributed by atoms with E-state index in [0.717, 1.165) is 29.2 Å². The highest BCUT2D eigenvalue weighted by Gasteiger charge is 2.24. The van der Waals surface area contributed by atoms with E-state index in [-0.39, 0.29) is 17.4 Å². The fourth-order valence-corrected chi connectivity index (χ4v) is 2.61. The fourth-order valence-electron chi connectivity index (χ4n) is 2.61. The summed E-state index contributed by atoms with van der Waals surface area (Å²) in [6.45, 7) is 2.64. The van der Waals surface area contributed by atoms with Gasteiger partial charge in [0.05, 0.1) is 7.11 Å². The summed E-state index contributed by atoms with van der Waals surface area (Å²) < 4.78 is 6.28. The monoisotopic (exact) mass is 317 g/mol. The van der Waals surface area contributed by atoms with E-state index >= 15 is 0 Å². The molecule has 8 nitrogen and oxygen atoms in total. The van der Waals surface area contributed by atoms with Gasteiger partial charge in [0.25, 0.3) is 5.91 Å². The minimum absolute atomic E-state index is 0.0930. The number of piperazine rings is 1. The predicted molar refractivity (Wildman–Crippen MR) is 84.9 cm³/mol. The number of benzene rings is 1. The third-order valence-corrected chi connectivity index (χ3v) is 3.98. The first-order valence-electron chi connectivity index (χ1n) is 7.40. The van der Waals surface area contributed by atoms with Crippen LogP contribution in [0.3, 0.4) is 0 Å². The third-order valence-electron chi connectivity index (χ3n) is 3.98. The summed E-state index contributed by atoms with van der Waals surface area (Å²) in [7, 11) is 3.15. The molecule has 0 radical (unpaired) electrons. The van der Waals surface area contributed by atoms with Gasteiger partial charge in [0, 0.05) is 38.9 Å². The summed E-state index contributed by atoms with van der Waals surface area (Å²) in [4.78, 5) is 30.1.